The number of rotatable bonds is 11. The van der Waals surface area contributed by atoms with Gasteiger partial charge in [-0.25, -0.2) is 0 Å². The molecule has 0 bridgehead atoms. The summed E-state index contributed by atoms with van der Waals surface area (Å²) in [6, 6.07) is 55.4. The molecule has 0 heterocycles. The molecule has 6 N–H and O–H groups in total. The second-order valence-corrected chi connectivity index (χ2v) is 14.0. The molecule has 0 unspecified atom stereocenters. The summed E-state index contributed by atoms with van der Waals surface area (Å²) in [7, 11) is 0. The maximum Gasteiger partial charge on any atom is 0.0886 e. The van der Waals surface area contributed by atoms with Gasteiger partial charge in [0.25, 0.3) is 0 Å². The molecule has 0 amide bonds. The minimum absolute atomic E-state index is 0.292. The largest absolute Gasteiger partial charge is 0.548 e. The van der Waals surface area contributed by atoms with Gasteiger partial charge < -0.3 is 31.3 Å². The zero-order valence-electron chi connectivity index (χ0n) is 32.7. The quantitative estimate of drug-likeness (QED) is 0.158. The Balaban J connectivity index is 0.000000233. The van der Waals surface area contributed by atoms with Crippen LogP contribution in [0.15, 0.2) is 182 Å². The van der Waals surface area contributed by atoms with Crippen molar-refractivity contribution in [3.63, 3.8) is 0 Å². The lowest BCUT2D eigenvalue weighted by Crippen LogP contribution is -2.68. The molecule has 0 saturated heterocycles. The van der Waals surface area contributed by atoms with Crippen molar-refractivity contribution in [3.8, 4) is 0 Å². The molecule has 6 aromatic rings. The minimum Gasteiger partial charge on any atom is -0.548 e. The summed E-state index contributed by atoms with van der Waals surface area (Å²) in [4.78, 5) is 24.6. The summed E-state index contributed by atoms with van der Waals surface area (Å²) < 4.78 is 0. The summed E-state index contributed by atoms with van der Waals surface area (Å²) in [6.45, 7) is 9.68. The fourth-order valence-corrected chi connectivity index (χ4v) is 6.09. The van der Waals surface area contributed by atoms with Crippen LogP contribution in [0.5, 0.6) is 0 Å². The number of quaternary nitrogens is 2. The number of benzene rings is 6. The number of carboxylic acids is 2. The fraction of sp³-hybridized carbons (Fsp3) is 0.224. The molecule has 0 aromatic heterocycles. The third kappa shape index (κ3) is 11.3. The van der Waals surface area contributed by atoms with Crippen molar-refractivity contribution < 1.29 is 31.3 Å². The lowest BCUT2D eigenvalue weighted by atomic mass is 9.69. The van der Waals surface area contributed by atoms with Gasteiger partial charge in [-0.1, -0.05) is 202 Å². The van der Waals surface area contributed by atoms with Crippen molar-refractivity contribution in [3.05, 3.63) is 215 Å². The minimum atomic E-state index is -1.32. The average molecular weight is 737 g/mol. The van der Waals surface area contributed by atoms with Crippen LogP contribution >= 0.6 is 0 Å². The summed E-state index contributed by atoms with van der Waals surface area (Å²) in [6.07, 6.45) is 3.72. The first-order valence-corrected chi connectivity index (χ1v) is 18.9. The van der Waals surface area contributed by atoms with Crippen molar-refractivity contribution in [1.29, 1.82) is 0 Å². The van der Waals surface area contributed by atoms with Crippen LogP contribution in [0.2, 0.25) is 0 Å². The van der Waals surface area contributed by atoms with Crippen LogP contribution in [0.3, 0.4) is 0 Å². The van der Waals surface area contributed by atoms with E-state index >= 15 is 0 Å². The lowest BCUT2D eigenvalue weighted by molar-refractivity contribution is -0.466. The van der Waals surface area contributed by atoms with Crippen molar-refractivity contribution in [2.45, 2.75) is 63.3 Å². The molecule has 286 valence electrons. The zero-order valence-corrected chi connectivity index (χ0v) is 32.7. The van der Waals surface area contributed by atoms with Crippen LogP contribution in [0.1, 0.15) is 80.3 Å². The molecule has 0 radical (unpaired) electrons. The summed E-state index contributed by atoms with van der Waals surface area (Å²) in [5.41, 5.74) is 9.35. The van der Waals surface area contributed by atoms with E-state index in [2.05, 4.69) is 39.2 Å². The highest BCUT2D eigenvalue weighted by Crippen LogP contribution is 2.40. The van der Waals surface area contributed by atoms with Gasteiger partial charge in [0.2, 0.25) is 0 Å². The maximum atomic E-state index is 12.3. The van der Waals surface area contributed by atoms with Crippen molar-refractivity contribution in [2.75, 3.05) is 6.54 Å². The number of carboxylic acid groups (broad SMARTS) is 2. The molecular weight excluding hydrogens is 681 g/mol. The monoisotopic (exact) mass is 736 g/mol. The number of carbonyl (C=O) groups is 2. The standard InChI is InChI=1S/2C20H16O2.C5H13N.C4H11N/c2*21-19(22)20(16-10-4-1-5-11-16,17-12-6-2-7-13-17)18-14-8-3-9-15-18;1-4-5(2,3)6;1-2-3-4-5/h2*1-15H,(H,21,22);4,6H2,1-3H3;2-5H2,1H3. The smallest absolute Gasteiger partial charge is 0.0886 e. The Morgan fingerprint density at radius 2 is 0.636 bits per heavy atom. The van der Waals surface area contributed by atoms with E-state index < -0.39 is 22.8 Å². The van der Waals surface area contributed by atoms with E-state index in [1.165, 1.54) is 12.8 Å². The van der Waals surface area contributed by atoms with Gasteiger partial charge in [0.05, 0.1) is 34.9 Å². The fourth-order valence-electron chi connectivity index (χ4n) is 6.09. The van der Waals surface area contributed by atoms with Crippen LogP contribution in [0.4, 0.5) is 0 Å². The first-order valence-electron chi connectivity index (χ1n) is 18.9. The van der Waals surface area contributed by atoms with Gasteiger partial charge in [-0.05, 0) is 60.1 Å². The molecule has 0 aliphatic carbocycles. The normalized spacial score (nSPS) is 10.9. The molecule has 0 atom stereocenters. The molecule has 6 rings (SSSR count). The molecule has 55 heavy (non-hydrogen) atoms. The first kappa shape index (κ1) is 43.6. The summed E-state index contributed by atoms with van der Waals surface area (Å²) in [5, 5.41) is 24.6. The third-order valence-electron chi connectivity index (χ3n) is 9.41. The zero-order chi connectivity index (χ0) is 40.2. The Labute approximate surface area is 327 Å². The van der Waals surface area contributed by atoms with Gasteiger partial charge in [-0.2, -0.15) is 0 Å². The average Bonchev–Trinajstić information content (AvgIpc) is 3.22. The van der Waals surface area contributed by atoms with Crippen LogP contribution in [-0.4, -0.2) is 24.0 Å². The molecule has 6 aromatic carbocycles. The second kappa shape index (κ2) is 21.8. The Bertz CT molecular complexity index is 1620. The Morgan fingerprint density at radius 3 is 0.727 bits per heavy atom. The molecule has 0 aliphatic rings. The van der Waals surface area contributed by atoms with Crippen molar-refractivity contribution in [2.24, 2.45) is 0 Å². The van der Waals surface area contributed by atoms with E-state index in [4.69, 9.17) is 0 Å². The maximum absolute atomic E-state index is 12.3. The highest BCUT2D eigenvalue weighted by atomic mass is 16.4. The predicted octanol–water partition coefficient (Wildman–Crippen LogP) is 5.99. The number of hydrogen-bond donors (Lipinski definition) is 2. The third-order valence-corrected chi connectivity index (χ3v) is 9.41. The molecule has 0 fully saturated rings. The van der Waals surface area contributed by atoms with Gasteiger partial charge in [0, 0.05) is 0 Å². The lowest BCUT2D eigenvalue weighted by Gasteiger charge is -2.36. The summed E-state index contributed by atoms with van der Waals surface area (Å²) in [5.74, 6) is -2.26. The Hall–Kier alpha value is -5.82. The van der Waals surface area contributed by atoms with Crippen LogP contribution in [-0.2, 0) is 20.4 Å². The molecule has 0 aliphatic heterocycles. The number of hydrogen-bond acceptors (Lipinski definition) is 4. The number of carbonyl (C=O) groups excluding carboxylic acids is 2. The van der Waals surface area contributed by atoms with Crippen molar-refractivity contribution >= 4 is 11.9 Å². The van der Waals surface area contributed by atoms with Crippen LogP contribution in [0, 0.1) is 0 Å². The Morgan fingerprint density at radius 1 is 0.455 bits per heavy atom. The van der Waals surface area contributed by atoms with E-state index in [1.807, 2.05) is 182 Å². The van der Waals surface area contributed by atoms with Crippen LogP contribution in [0.25, 0.3) is 0 Å². The summed E-state index contributed by atoms with van der Waals surface area (Å²) >= 11 is 0. The van der Waals surface area contributed by atoms with E-state index in [9.17, 15) is 19.8 Å². The van der Waals surface area contributed by atoms with Gasteiger partial charge >= 0.3 is 0 Å². The van der Waals surface area contributed by atoms with Gasteiger partial charge in [0.1, 0.15) is 0 Å². The topological polar surface area (TPSA) is 136 Å². The van der Waals surface area contributed by atoms with Gasteiger partial charge in [-0.15, -0.1) is 0 Å². The van der Waals surface area contributed by atoms with Gasteiger partial charge in [-0.3, -0.25) is 0 Å². The molecule has 0 spiro atoms. The van der Waals surface area contributed by atoms with E-state index in [0.29, 0.717) is 38.9 Å². The van der Waals surface area contributed by atoms with Crippen LogP contribution < -0.4 is 21.7 Å². The van der Waals surface area contributed by atoms with E-state index in [1.54, 1.807) is 0 Å². The van der Waals surface area contributed by atoms with E-state index in [0.717, 1.165) is 13.0 Å². The Kier molecular flexibility index (Phi) is 17.3. The van der Waals surface area contributed by atoms with Gasteiger partial charge in [0.15, 0.2) is 0 Å². The highest BCUT2D eigenvalue weighted by molar-refractivity contribution is 5.90. The second-order valence-electron chi connectivity index (χ2n) is 14.0. The predicted molar refractivity (Wildman–Crippen MR) is 218 cm³/mol. The highest BCUT2D eigenvalue weighted by Gasteiger charge is 2.39. The number of unbranched alkanes of at least 4 members (excludes halogenated alkanes) is 1. The molecule has 6 heteroatoms. The molecular formula is C49H56N2O4. The SMILES string of the molecule is CCC(C)(C)[NH3+].CCCC[NH3+].O=C([O-])C(c1ccccc1)(c1ccccc1)c1ccccc1.O=C([O-])C(c1ccccc1)(c1ccccc1)c1ccccc1. The first-order chi connectivity index (χ1) is 26.5. The molecule has 0 saturated carbocycles. The van der Waals surface area contributed by atoms with Crippen molar-refractivity contribution in [1.82, 2.24) is 0 Å². The number of aliphatic carboxylic acids is 2. The van der Waals surface area contributed by atoms with E-state index in [-0.39, 0.29) is 0 Å². The molecule has 6 nitrogen and oxygen atoms in total.